The summed E-state index contributed by atoms with van der Waals surface area (Å²) in [5.41, 5.74) is 2.23. The second-order valence-electron chi connectivity index (χ2n) is 5.21. The highest BCUT2D eigenvalue weighted by molar-refractivity contribution is 5.44. The van der Waals surface area contributed by atoms with E-state index in [0.29, 0.717) is 5.92 Å². The molecular weight excluding hydrogens is 266 g/mol. The molecule has 1 aliphatic heterocycles. The molecule has 0 aliphatic carbocycles. The number of aryl methyl sites for hydroxylation is 1. The Hall–Kier alpha value is -2.70. The average Bonchev–Trinajstić information content (AvgIpc) is 3.09. The molecule has 3 aromatic rings. The summed E-state index contributed by atoms with van der Waals surface area (Å²) in [6.07, 6.45) is 1.84. The van der Waals surface area contributed by atoms with Crippen LogP contribution in [0.5, 0.6) is 0 Å². The maximum Gasteiger partial charge on any atom is 0.250 e. The van der Waals surface area contributed by atoms with Gasteiger partial charge in [-0.05, 0) is 28.6 Å². The molecule has 0 saturated carbocycles. The number of benzene rings is 1. The van der Waals surface area contributed by atoms with Crippen molar-refractivity contribution in [3.63, 3.8) is 0 Å². The third kappa shape index (κ3) is 1.97. The Morgan fingerprint density at radius 1 is 1.10 bits per heavy atom. The number of anilines is 1. The van der Waals surface area contributed by atoms with Crippen molar-refractivity contribution < 1.29 is 0 Å². The first-order chi connectivity index (χ1) is 10.3. The van der Waals surface area contributed by atoms with Crippen molar-refractivity contribution >= 4 is 5.95 Å². The second-order valence-corrected chi connectivity index (χ2v) is 5.21. The predicted octanol–water partition coefficient (Wildman–Crippen LogP) is 1.000. The van der Waals surface area contributed by atoms with E-state index < -0.39 is 0 Å². The first-order valence-electron chi connectivity index (χ1n) is 6.89. The van der Waals surface area contributed by atoms with Crippen molar-refractivity contribution in [2.24, 2.45) is 7.05 Å². The van der Waals surface area contributed by atoms with E-state index in [4.69, 9.17) is 0 Å². The average molecular weight is 281 g/mol. The largest absolute Gasteiger partial charge is 0.338 e. The van der Waals surface area contributed by atoms with E-state index in [2.05, 4.69) is 31.6 Å². The van der Waals surface area contributed by atoms with E-state index in [1.54, 1.807) is 4.68 Å². The number of tetrazole rings is 1. The molecule has 3 heterocycles. The monoisotopic (exact) mass is 281 g/mol. The lowest BCUT2D eigenvalue weighted by molar-refractivity contribution is 0.478. The van der Waals surface area contributed by atoms with Crippen molar-refractivity contribution in [1.82, 2.24) is 30.0 Å². The summed E-state index contributed by atoms with van der Waals surface area (Å²) in [4.78, 5) is 2.19. The molecule has 1 saturated heterocycles. The fraction of sp³-hybridized carbons (Fsp3) is 0.286. The van der Waals surface area contributed by atoms with Crippen LogP contribution in [0.2, 0.25) is 0 Å². The zero-order valence-electron chi connectivity index (χ0n) is 11.7. The normalized spacial score (nSPS) is 15.2. The highest BCUT2D eigenvalue weighted by Crippen LogP contribution is 2.30. The number of hydrogen-bond donors (Lipinski definition) is 0. The molecule has 7 nitrogen and oxygen atoms in total. The van der Waals surface area contributed by atoms with Crippen LogP contribution in [0.25, 0.3) is 5.69 Å². The van der Waals surface area contributed by atoms with Gasteiger partial charge in [0.2, 0.25) is 5.95 Å². The molecule has 21 heavy (non-hydrogen) atoms. The number of aromatic nitrogens is 6. The van der Waals surface area contributed by atoms with E-state index in [1.165, 1.54) is 5.69 Å². The van der Waals surface area contributed by atoms with E-state index in [0.717, 1.165) is 24.7 Å². The third-order valence-electron chi connectivity index (χ3n) is 3.90. The zero-order chi connectivity index (χ0) is 14.2. The summed E-state index contributed by atoms with van der Waals surface area (Å²) in [6.45, 7) is 1.82. The summed E-state index contributed by atoms with van der Waals surface area (Å²) in [5, 5.41) is 16.3. The molecule has 7 heteroatoms. The summed E-state index contributed by atoms with van der Waals surface area (Å²) < 4.78 is 3.71. The molecule has 4 rings (SSSR count). The van der Waals surface area contributed by atoms with Gasteiger partial charge in [-0.1, -0.05) is 23.3 Å². The molecule has 2 aromatic heterocycles. The second kappa shape index (κ2) is 4.69. The minimum absolute atomic E-state index is 0.485. The summed E-state index contributed by atoms with van der Waals surface area (Å²) in [6, 6.07) is 12.0. The molecule has 0 spiro atoms. The van der Waals surface area contributed by atoms with E-state index >= 15 is 0 Å². The van der Waals surface area contributed by atoms with E-state index in [-0.39, 0.29) is 0 Å². The van der Waals surface area contributed by atoms with Crippen molar-refractivity contribution in [1.29, 1.82) is 0 Å². The van der Waals surface area contributed by atoms with Crippen molar-refractivity contribution in [3.05, 3.63) is 48.3 Å². The van der Waals surface area contributed by atoms with Crippen LogP contribution < -0.4 is 4.90 Å². The molecular formula is C14H15N7. The van der Waals surface area contributed by atoms with Gasteiger partial charge in [-0.25, -0.2) is 0 Å². The molecule has 1 fully saturated rings. The van der Waals surface area contributed by atoms with Crippen LogP contribution in [0, 0.1) is 0 Å². The third-order valence-corrected chi connectivity index (χ3v) is 3.90. The number of rotatable bonds is 3. The SMILES string of the molecule is Cn1nccc1C1CN(c2nnnn2-c2ccccc2)C1. The molecule has 0 N–H and O–H groups in total. The van der Waals surface area contributed by atoms with Crippen LogP contribution in [0.3, 0.4) is 0 Å². The van der Waals surface area contributed by atoms with Crippen molar-refractivity contribution in [2.45, 2.75) is 5.92 Å². The Balaban J connectivity index is 1.55. The standard InChI is InChI=1S/C14H15N7/c1-19-13(7-8-15-19)11-9-20(10-11)14-16-17-18-21(14)12-5-3-2-4-6-12/h2-8,11H,9-10H2,1H3. The topological polar surface area (TPSA) is 64.7 Å². The first-order valence-corrected chi connectivity index (χ1v) is 6.89. The minimum Gasteiger partial charge on any atom is -0.338 e. The van der Waals surface area contributed by atoms with Crippen LogP contribution in [0.15, 0.2) is 42.6 Å². The van der Waals surface area contributed by atoms with Gasteiger partial charge in [0.05, 0.1) is 5.69 Å². The Bertz CT molecular complexity index is 740. The zero-order valence-corrected chi connectivity index (χ0v) is 11.7. The maximum atomic E-state index is 4.23. The molecule has 0 radical (unpaired) electrons. The Morgan fingerprint density at radius 3 is 2.62 bits per heavy atom. The van der Waals surface area contributed by atoms with Crippen molar-refractivity contribution in [2.75, 3.05) is 18.0 Å². The highest BCUT2D eigenvalue weighted by atomic mass is 15.6. The van der Waals surface area contributed by atoms with Gasteiger partial charge in [-0.15, -0.1) is 0 Å². The number of hydrogen-bond acceptors (Lipinski definition) is 5. The Labute approximate surface area is 121 Å². The molecule has 1 aliphatic rings. The summed E-state index contributed by atoms with van der Waals surface area (Å²) in [5.74, 6) is 1.28. The van der Waals surface area contributed by atoms with Crippen LogP contribution in [-0.2, 0) is 7.05 Å². The molecule has 0 amide bonds. The minimum atomic E-state index is 0.485. The van der Waals surface area contributed by atoms with Crippen LogP contribution in [-0.4, -0.2) is 43.1 Å². The molecule has 106 valence electrons. The van der Waals surface area contributed by atoms with Gasteiger partial charge in [0, 0.05) is 37.9 Å². The summed E-state index contributed by atoms with van der Waals surface area (Å²) >= 11 is 0. The van der Waals surface area contributed by atoms with Gasteiger partial charge >= 0.3 is 0 Å². The van der Waals surface area contributed by atoms with E-state index in [1.807, 2.05) is 48.3 Å². The molecule has 1 aromatic carbocycles. The Kier molecular flexibility index (Phi) is 2.70. The maximum absolute atomic E-state index is 4.23. The first kappa shape index (κ1) is 12.1. The lowest BCUT2D eigenvalue weighted by Gasteiger charge is -2.39. The molecule has 0 atom stereocenters. The predicted molar refractivity (Wildman–Crippen MR) is 77.3 cm³/mol. The van der Waals surface area contributed by atoms with Gasteiger partial charge in [0.25, 0.3) is 0 Å². The van der Waals surface area contributed by atoms with Gasteiger partial charge in [-0.3, -0.25) is 4.68 Å². The van der Waals surface area contributed by atoms with Gasteiger partial charge in [0.15, 0.2) is 0 Å². The molecule has 0 unspecified atom stereocenters. The molecule has 0 bridgehead atoms. The van der Waals surface area contributed by atoms with Crippen LogP contribution >= 0.6 is 0 Å². The fourth-order valence-electron chi connectivity index (χ4n) is 2.73. The highest BCUT2D eigenvalue weighted by Gasteiger charge is 2.33. The lowest BCUT2D eigenvalue weighted by Crippen LogP contribution is -2.47. The van der Waals surface area contributed by atoms with Gasteiger partial charge < -0.3 is 4.90 Å². The van der Waals surface area contributed by atoms with Crippen molar-refractivity contribution in [3.8, 4) is 5.69 Å². The lowest BCUT2D eigenvalue weighted by atomic mass is 9.97. The number of para-hydroxylation sites is 1. The number of nitrogens with zero attached hydrogens (tertiary/aromatic N) is 7. The van der Waals surface area contributed by atoms with Gasteiger partial charge in [0.1, 0.15) is 0 Å². The van der Waals surface area contributed by atoms with E-state index in [9.17, 15) is 0 Å². The van der Waals surface area contributed by atoms with Gasteiger partial charge in [-0.2, -0.15) is 9.78 Å². The van der Waals surface area contributed by atoms with Crippen LogP contribution in [0.1, 0.15) is 11.6 Å². The summed E-state index contributed by atoms with van der Waals surface area (Å²) in [7, 11) is 1.98. The smallest absolute Gasteiger partial charge is 0.250 e. The fourth-order valence-corrected chi connectivity index (χ4v) is 2.73. The van der Waals surface area contributed by atoms with Crippen LogP contribution in [0.4, 0.5) is 5.95 Å². The Morgan fingerprint density at radius 2 is 1.90 bits per heavy atom. The quantitative estimate of drug-likeness (QED) is 0.716.